The van der Waals surface area contributed by atoms with E-state index in [1.807, 2.05) is 23.6 Å². The molecule has 0 aliphatic carbocycles. The number of benzene rings is 1. The Bertz CT molecular complexity index is 832. The van der Waals surface area contributed by atoms with Gasteiger partial charge in [-0.15, -0.1) is 11.3 Å². The molecule has 0 bridgehead atoms. The highest BCUT2D eigenvalue weighted by atomic mass is 35.5. The molecule has 1 aliphatic heterocycles. The normalized spacial score (nSPS) is 18.2. The second-order valence-electron chi connectivity index (χ2n) is 5.79. The fourth-order valence-corrected chi connectivity index (χ4v) is 5.54. The summed E-state index contributed by atoms with van der Waals surface area (Å²) in [5.41, 5.74) is 6.62. The van der Waals surface area contributed by atoms with Gasteiger partial charge in [-0.3, -0.25) is 4.79 Å². The molecule has 3 N–H and O–H groups in total. The SMILES string of the molecule is NC1(CC(=O)Nc2ccsc2-c2ccc(Cl)cc2)CS(=O)(=O)C1. The van der Waals surface area contributed by atoms with Crippen molar-refractivity contribution >= 4 is 44.4 Å². The van der Waals surface area contributed by atoms with Crippen LogP contribution in [0.15, 0.2) is 35.7 Å². The highest BCUT2D eigenvalue weighted by Crippen LogP contribution is 2.34. The molecule has 1 aliphatic rings. The van der Waals surface area contributed by atoms with Gasteiger partial charge in [0.2, 0.25) is 5.91 Å². The van der Waals surface area contributed by atoms with E-state index in [4.69, 9.17) is 17.3 Å². The summed E-state index contributed by atoms with van der Waals surface area (Å²) in [4.78, 5) is 13.1. The fourth-order valence-electron chi connectivity index (χ4n) is 2.68. The van der Waals surface area contributed by atoms with Crippen LogP contribution in [0.2, 0.25) is 5.02 Å². The second kappa shape index (κ2) is 5.90. The Morgan fingerprint density at radius 1 is 1.26 bits per heavy atom. The third-order valence-corrected chi connectivity index (χ3v) is 6.82. The van der Waals surface area contributed by atoms with Gasteiger partial charge in [0.25, 0.3) is 0 Å². The third kappa shape index (κ3) is 3.74. The van der Waals surface area contributed by atoms with Gasteiger partial charge in [0, 0.05) is 11.4 Å². The lowest BCUT2D eigenvalue weighted by Crippen LogP contribution is -2.62. The summed E-state index contributed by atoms with van der Waals surface area (Å²) in [5.74, 6) is -0.557. The molecule has 1 aromatic heterocycles. The lowest BCUT2D eigenvalue weighted by atomic mass is 10.0. The van der Waals surface area contributed by atoms with E-state index in [2.05, 4.69) is 5.32 Å². The molecule has 3 rings (SSSR count). The average molecular weight is 371 g/mol. The lowest BCUT2D eigenvalue weighted by Gasteiger charge is -2.36. The molecule has 1 saturated heterocycles. The number of anilines is 1. The molecule has 23 heavy (non-hydrogen) atoms. The quantitative estimate of drug-likeness (QED) is 0.865. The van der Waals surface area contributed by atoms with Crippen molar-refractivity contribution < 1.29 is 13.2 Å². The van der Waals surface area contributed by atoms with E-state index >= 15 is 0 Å². The van der Waals surface area contributed by atoms with Crippen molar-refractivity contribution in [1.29, 1.82) is 0 Å². The zero-order valence-electron chi connectivity index (χ0n) is 12.1. The second-order valence-corrected chi connectivity index (χ2v) is 9.21. The van der Waals surface area contributed by atoms with E-state index in [1.165, 1.54) is 11.3 Å². The van der Waals surface area contributed by atoms with Gasteiger partial charge in [-0.25, -0.2) is 8.42 Å². The Morgan fingerprint density at radius 3 is 2.52 bits per heavy atom. The number of amides is 1. The van der Waals surface area contributed by atoms with Crippen LogP contribution in [0.25, 0.3) is 10.4 Å². The Kier molecular flexibility index (Phi) is 4.22. The molecular weight excluding hydrogens is 356 g/mol. The number of hydrogen-bond donors (Lipinski definition) is 2. The molecule has 122 valence electrons. The molecule has 2 aromatic rings. The summed E-state index contributed by atoms with van der Waals surface area (Å²) in [6.07, 6.45) is -0.0118. The highest BCUT2D eigenvalue weighted by molar-refractivity contribution is 7.93. The molecule has 1 fully saturated rings. The largest absolute Gasteiger partial charge is 0.325 e. The highest BCUT2D eigenvalue weighted by Gasteiger charge is 2.46. The molecule has 1 amide bonds. The first-order valence-electron chi connectivity index (χ1n) is 6.89. The van der Waals surface area contributed by atoms with E-state index in [9.17, 15) is 13.2 Å². The van der Waals surface area contributed by atoms with Crippen LogP contribution in [-0.2, 0) is 14.6 Å². The van der Waals surface area contributed by atoms with Crippen molar-refractivity contribution in [3.8, 4) is 10.4 Å². The molecule has 1 aromatic carbocycles. The van der Waals surface area contributed by atoms with Crippen molar-refractivity contribution in [2.75, 3.05) is 16.8 Å². The molecule has 8 heteroatoms. The standard InChI is InChI=1S/C15H15ClN2O3S2/c16-11-3-1-10(2-4-11)14-12(5-6-22-14)18-13(19)7-15(17)8-23(20,21)9-15/h1-6H,7-9,17H2,(H,18,19). The number of nitrogens with one attached hydrogen (secondary N) is 1. The first-order chi connectivity index (χ1) is 10.8. The smallest absolute Gasteiger partial charge is 0.226 e. The zero-order chi connectivity index (χ0) is 16.7. The number of sulfone groups is 1. The molecule has 0 saturated carbocycles. The van der Waals surface area contributed by atoms with Crippen molar-refractivity contribution in [1.82, 2.24) is 0 Å². The maximum atomic E-state index is 12.2. The van der Waals surface area contributed by atoms with E-state index in [0.717, 1.165) is 10.4 Å². The first-order valence-corrected chi connectivity index (χ1v) is 9.97. The molecule has 2 heterocycles. The van der Waals surface area contributed by atoms with Crippen LogP contribution in [0.1, 0.15) is 6.42 Å². The van der Waals surface area contributed by atoms with Crippen LogP contribution in [0.4, 0.5) is 5.69 Å². The Hall–Kier alpha value is -1.41. The van der Waals surface area contributed by atoms with Gasteiger partial charge >= 0.3 is 0 Å². The minimum absolute atomic E-state index is 0.0118. The summed E-state index contributed by atoms with van der Waals surface area (Å²) >= 11 is 7.39. The van der Waals surface area contributed by atoms with Crippen LogP contribution >= 0.6 is 22.9 Å². The topological polar surface area (TPSA) is 89.3 Å². The van der Waals surface area contributed by atoms with Gasteiger partial charge in [0.1, 0.15) is 0 Å². The minimum atomic E-state index is -3.07. The Labute approximate surface area is 143 Å². The number of thiophene rings is 1. The maximum Gasteiger partial charge on any atom is 0.226 e. The molecule has 0 radical (unpaired) electrons. The van der Waals surface area contributed by atoms with Crippen molar-refractivity contribution in [2.24, 2.45) is 5.73 Å². The number of carbonyl (C=O) groups is 1. The molecule has 0 atom stereocenters. The van der Waals surface area contributed by atoms with Crippen LogP contribution in [0.3, 0.4) is 0 Å². The van der Waals surface area contributed by atoms with E-state index < -0.39 is 15.4 Å². The average Bonchev–Trinajstić information content (AvgIpc) is 2.84. The Morgan fingerprint density at radius 2 is 1.91 bits per heavy atom. The van der Waals surface area contributed by atoms with E-state index in [1.54, 1.807) is 12.1 Å². The van der Waals surface area contributed by atoms with Gasteiger partial charge in [0.05, 0.1) is 27.6 Å². The predicted octanol–water partition coefficient (Wildman–Crippen LogP) is 2.52. The van der Waals surface area contributed by atoms with Gasteiger partial charge in [-0.2, -0.15) is 0 Å². The lowest BCUT2D eigenvalue weighted by molar-refractivity contribution is -0.117. The molecule has 5 nitrogen and oxygen atoms in total. The minimum Gasteiger partial charge on any atom is -0.325 e. The fraction of sp³-hybridized carbons (Fsp3) is 0.267. The monoisotopic (exact) mass is 370 g/mol. The van der Waals surface area contributed by atoms with Crippen LogP contribution in [0, 0.1) is 0 Å². The molecule has 0 spiro atoms. The predicted molar refractivity (Wildman–Crippen MR) is 93.6 cm³/mol. The summed E-state index contributed by atoms with van der Waals surface area (Å²) in [6.45, 7) is 0. The van der Waals surface area contributed by atoms with Gasteiger partial charge in [-0.1, -0.05) is 23.7 Å². The molecule has 0 unspecified atom stereocenters. The van der Waals surface area contributed by atoms with Crippen molar-refractivity contribution in [3.05, 3.63) is 40.7 Å². The van der Waals surface area contributed by atoms with E-state index in [-0.39, 0.29) is 23.8 Å². The van der Waals surface area contributed by atoms with Crippen LogP contribution in [-0.4, -0.2) is 31.4 Å². The van der Waals surface area contributed by atoms with E-state index in [0.29, 0.717) is 10.7 Å². The number of rotatable bonds is 4. The number of hydrogen-bond acceptors (Lipinski definition) is 5. The Balaban J connectivity index is 1.71. The first kappa shape index (κ1) is 16.4. The summed E-state index contributed by atoms with van der Waals surface area (Å²) in [5, 5.41) is 5.35. The number of nitrogens with two attached hydrogens (primary N) is 1. The van der Waals surface area contributed by atoms with Gasteiger partial charge in [0.15, 0.2) is 9.84 Å². The number of halogens is 1. The van der Waals surface area contributed by atoms with Crippen molar-refractivity contribution in [2.45, 2.75) is 12.0 Å². The van der Waals surface area contributed by atoms with Crippen LogP contribution < -0.4 is 11.1 Å². The zero-order valence-corrected chi connectivity index (χ0v) is 14.5. The van der Waals surface area contributed by atoms with Gasteiger partial charge in [-0.05, 0) is 29.1 Å². The number of carbonyl (C=O) groups excluding carboxylic acids is 1. The summed E-state index contributed by atoms with van der Waals surface area (Å²) in [6, 6.07) is 9.15. The van der Waals surface area contributed by atoms with Crippen LogP contribution in [0.5, 0.6) is 0 Å². The summed E-state index contributed by atoms with van der Waals surface area (Å²) in [7, 11) is -3.07. The summed E-state index contributed by atoms with van der Waals surface area (Å²) < 4.78 is 22.5. The van der Waals surface area contributed by atoms with Gasteiger partial charge < -0.3 is 11.1 Å². The van der Waals surface area contributed by atoms with Crippen molar-refractivity contribution in [3.63, 3.8) is 0 Å². The third-order valence-electron chi connectivity index (χ3n) is 3.57. The maximum absolute atomic E-state index is 12.2. The molecular formula is C15H15ClN2O3S2.